The summed E-state index contributed by atoms with van der Waals surface area (Å²) in [5, 5.41) is 0. The van der Waals surface area contributed by atoms with Crippen molar-refractivity contribution in [1.82, 2.24) is 0 Å². The van der Waals surface area contributed by atoms with Crippen LogP contribution >= 0.6 is 0 Å². The zero-order valence-electron chi connectivity index (χ0n) is 19.1. The van der Waals surface area contributed by atoms with Crippen LogP contribution in [0.4, 0.5) is 0 Å². The topological polar surface area (TPSA) is 26.3 Å². The fourth-order valence-corrected chi connectivity index (χ4v) is 4.92. The molecule has 0 saturated heterocycles. The van der Waals surface area contributed by atoms with E-state index < -0.39 is 0 Å². The Bertz CT molecular complexity index is 1080. The number of Topliss-reactive ketones (excluding diaryl/α,β-unsaturated/α-hetero) is 1. The van der Waals surface area contributed by atoms with Crippen molar-refractivity contribution in [1.29, 1.82) is 0 Å². The molecule has 0 fully saturated rings. The quantitative estimate of drug-likeness (QED) is 0.467. The van der Waals surface area contributed by atoms with E-state index in [0.717, 1.165) is 30.6 Å². The van der Waals surface area contributed by atoms with Gasteiger partial charge in [-0.05, 0) is 84.7 Å². The molecule has 4 rings (SSSR count). The van der Waals surface area contributed by atoms with Crippen molar-refractivity contribution in [3.8, 4) is 5.75 Å². The second kappa shape index (κ2) is 9.09. The number of carbonyl (C=O) groups excluding carboxylic acids is 1. The lowest BCUT2D eigenvalue weighted by Crippen LogP contribution is -2.07. The molecule has 0 aliphatic heterocycles. The normalized spacial score (nSPS) is 17.5. The van der Waals surface area contributed by atoms with Crippen LogP contribution in [-0.4, -0.2) is 12.9 Å². The van der Waals surface area contributed by atoms with Crippen molar-refractivity contribution >= 4 is 16.9 Å². The standard InChI is InChI=1S/C29H32O2/c1-5-27-22(10-12-25(30)17-21-6-13-26(31-4)14-7-21)11-15-28(27)24-9-8-23-16-19(2)20(3)29(23)18-24/h6-9,11,13-15,18,27H,5,10,12,16-17H2,1-4H3. The molecule has 2 heteroatoms. The first kappa shape index (κ1) is 21.4. The molecule has 2 aliphatic rings. The van der Waals surface area contributed by atoms with Crippen molar-refractivity contribution < 1.29 is 9.53 Å². The number of benzene rings is 2. The van der Waals surface area contributed by atoms with Crippen LogP contribution in [0.3, 0.4) is 0 Å². The van der Waals surface area contributed by atoms with Gasteiger partial charge in [-0.25, -0.2) is 0 Å². The summed E-state index contributed by atoms with van der Waals surface area (Å²) in [6, 6.07) is 14.7. The van der Waals surface area contributed by atoms with Crippen LogP contribution in [0, 0.1) is 5.92 Å². The molecule has 2 aromatic carbocycles. The summed E-state index contributed by atoms with van der Waals surface area (Å²) in [5.74, 6) is 1.53. The van der Waals surface area contributed by atoms with Crippen LogP contribution in [0.15, 0.2) is 65.8 Å². The maximum Gasteiger partial charge on any atom is 0.137 e. The molecule has 0 N–H and O–H groups in total. The lowest BCUT2D eigenvalue weighted by atomic mass is 9.85. The number of hydrogen-bond donors (Lipinski definition) is 0. The van der Waals surface area contributed by atoms with Crippen LogP contribution in [0.25, 0.3) is 11.1 Å². The number of rotatable bonds is 8. The smallest absolute Gasteiger partial charge is 0.137 e. The van der Waals surface area contributed by atoms with E-state index in [4.69, 9.17) is 4.74 Å². The molecule has 2 aliphatic carbocycles. The van der Waals surface area contributed by atoms with Gasteiger partial charge in [0.25, 0.3) is 0 Å². The van der Waals surface area contributed by atoms with E-state index in [1.165, 1.54) is 39.0 Å². The van der Waals surface area contributed by atoms with E-state index in [9.17, 15) is 4.79 Å². The van der Waals surface area contributed by atoms with Crippen molar-refractivity contribution in [2.45, 2.75) is 52.9 Å². The number of ether oxygens (including phenoxy) is 1. The summed E-state index contributed by atoms with van der Waals surface area (Å²) in [6.07, 6.45) is 8.61. The third-order valence-corrected chi connectivity index (χ3v) is 6.90. The van der Waals surface area contributed by atoms with E-state index >= 15 is 0 Å². The van der Waals surface area contributed by atoms with Crippen LogP contribution in [0.2, 0.25) is 0 Å². The van der Waals surface area contributed by atoms with Gasteiger partial charge in [0, 0.05) is 18.8 Å². The largest absolute Gasteiger partial charge is 0.497 e. The average molecular weight is 413 g/mol. The third kappa shape index (κ3) is 4.44. The molecule has 160 valence electrons. The van der Waals surface area contributed by atoms with E-state index in [1.54, 1.807) is 7.11 Å². The molecule has 0 heterocycles. The first-order valence-corrected chi connectivity index (χ1v) is 11.4. The molecule has 0 amide bonds. The third-order valence-electron chi connectivity index (χ3n) is 6.90. The molecule has 1 atom stereocenters. The maximum atomic E-state index is 12.6. The van der Waals surface area contributed by atoms with Gasteiger partial charge in [0.05, 0.1) is 7.11 Å². The fraction of sp³-hybridized carbons (Fsp3) is 0.345. The van der Waals surface area contributed by atoms with Crippen LogP contribution in [-0.2, 0) is 17.6 Å². The highest BCUT2D eigenvalue weighted by Gasteiger charge is 2.24. The Hall–Kier alpha value is -2.87. The Kier molecular flexibility index (Phi) is 6.27. The zero-order chi connectivity index (χ0) is 22.0. The molecule has 0 spiro atoms. The molecular weight excluding hydrogens is 380 g/mol. The number of methoxy groups -OCH3 is 1. The second-order valence-electron chi connectivity index (χ2n) is 8.84. The molecule has 0 aromatic heterocycles. The zero-order valence-corrected chi connectivity index (χ0v) is 19.1. The first-order chi connectivity index (χ1) is 15.0. The second-order valence-corrected chi connectivity index (χ2v) is 8.84. The molecule has 31 heavy (non-hydrogen) atoms. The minimum atomic E-state index is 0.295. The predicted octanol–water partition coefficient (Wildman–Crippen LogP) is 6.99. The maximum absolute atomic E-state index is 12.6. The molecule has 2 nitrogen and oxygen atoms in total. The lowest BCUT2D eigenvalue weighted by Gasteiger charge is -2.19. The van der Waals surface area contributed by atoms with Gasteiger partial charge in [0.1, 0.15) is 11.5 Å². The van der Waals surface area contributed by atoms with Gasteiger partial charge in [-0.15, -0.1) is 0 Å². The van der Waals surface area contributed by atoms with Gasteiger partial charge in [-0.1, -0.05) is 54.5 Å². The van der Waals surface area contributed by atoms with Crippen molar-refractivity contribution in [2.75, 3.05) is 7.11 Å². The summed E-state index contributed by atoms with van der Waals surface area (Å²) in [4.78, 5) is 12.6. The molecular formula is C29H32O2. The first-order valence-electron chi connectivity index (χ1n) is 11.4. The van der Waals surface area contributed by atoms with Gasteiger partial charge < -0.3 is 4.74 Å². The minimum absolute atomic E-state index is 0.295. The predicted molar refractivity (Wildman–Crippen MR) is 129 cm³/mol. The van der Waals surface area contributed by atoms with E-state index in [1.807, 2.05) is 24.3 Å². The number of carbonyl (C=O) groups is 1. The summed E-state index contributed by atoms with van der Waals surface area (Å²) in [6.45, 7) is 6.73. The Morgan fingerprint density at radius 1 is 1.06 bits per heavy atom. The fourth-order valence-electron chi connectivity index (χ4n) is 4.92. The SMILES string of the molecule is CCC1C(CCC(=O)Cc2ccc(OC)cc2)=CC=C1c1ccc2c(c1)C(C)=C(C)C2. The summed E-state index contributed by atoms with van der Waals surface area (Å²) < 4.78 is 5.19. The summed E-state index contributed by atoms with van der Waals surface area (Å²) in [5.41, 5.74) is 10.9. The van der Waals surface area contributed by atoms with E-state index in [-0.39, 0.29) is 0 Å². The van der Waals surface area contributed by atoms with Gasteiger partial charge >= 0.3 is 0 Å². The number of hydrogen-bond acceptors (Lipinski definition) is 2. The van der Waals surface area contributed by atoms with Gasteiger partial charge in [0.15, 0.2) is 0 Å². The van der Waals surface area contributed by atoms with E-state index in [2.05, 4.69) is 51.1 Å². The lowest BCUT2D eigenvalue weighted by molar-refractivity contribution is -0.118. The molecule has 1 unspecified atom stereocenters. The van der Waals surface area contributed by atoms with Gasteiger partial charge in [-0.3, -0.25) is 4.79 Å². The molecule has 0 radical (unpaired) electrons. The Balaban J connectivity index is 1.39. The number of fused-ring (bicyclic) bond motifs is 1. The summed E-state index contributed by atoms with van der Waals surface area (Å²) >= 11 is 0. The highest BCUT2D eigenvalue weighted by molar-refractivity contribution is 5.83. The Morgan fingerprint density at radius 2 is 1.84 bits per heavy atom. The highest BCUT2D eigenvalue weighted by Crippen LogP contribution is 2.41. The van der Waals surface area contributed by atoms with Gasteiger partial charge in [0.2, 0.25) is 0 Å². The average Bonchev–Trinajstić information content (AvgIpc) is 3.32. The van der Waals surface area contributed by atoms with Crippen molar-refractivity contribution in [3.63, 3.8) is 0 Å². The Morgan fingerprint density at radius 3 is 2.55 bits per heavy atom. The van der Waals surface area contributed by atoms with Crippen LogP contribution < -0.4 is 4.74 Å². The molecule has 0 bridgehead atoms. The van der Waals surface area contributed by atoms with Crippen molar-refractivity contribution in [3.05, 3.63) is 88.0 Å². The van der Waals surface area contributed by atoms with Gasteiger partial charge in [-0.2, -0.15) is 0 Å². The molecule has 0 saturated carbocycles. The van der Waals surface area contributed by atoms with Crippen LogP contribution in [0.1, 0.15) is 62.3 Å². The monoisotopic (exact) mass is 412 g/mol. The highest BCUT2D eigenvalue weighted by atomic mass is 16.5. The van der Waals surface area contributed by atoms with Crippen molar-refractivity contribution in [2.24, 2.45) is 5.92 Å². The minimum Gasteiger partial charge on any atom is -0.497 e. The molecule has 2 aromatic rings. The number of ketones is 1. The van der Waals surface area contributed by atoms with E-state index in [0.29, 0.717) is 24.5 Å². The Labute approximate surface area is 186 Å². The van der Waals surface area contributed by atoms with Crippen LogP contribution in [0.5, 0.6) is 5.75 Å². The number of allylic oxidation sites excluding steroid dienone is 6. The summed E-state index contributed by atoms with van der Waals surface area (Å²) in [7, 11) is 1.66.